The van der Waals surface area contributed by atoms with Crippen molar-refractivity contribution in [3.8, 4) is 28.0 Å². The Kier molecular flexibility index (Phi) is 6.09. The van der Waals surface area contributed by atoms with Gasteiger partial charge >= 0.3 is 0 Å². The molecule has 0 amide bonds. The maximum Gasteiger partial charge on any atom is 0.258 e. The number of benzene rings is 2. The van der Waals surface area contributed by atoms with E-state index in [0.29, 0.717) is 21.9 Å². The van der Waals surface area contributed by atoms with Crippen LogP contribution in [-0.4, -0.2) is 41.7 Å². The molecule has 0 atom stereocenters. The molecule has 0 aliphatic heterocycles. The number of nitrogens with two attached hydrogens (primary N) is 1. The van der Waals surface area contributed by atoms with Crippen molar-refractivity contribution in [3.63, 3.8) is 0 Å². The van der Waals surface area contributed by atoms with Gasteiger partial charge in [0, 0.05) is 55.1 Å². The molecular formula is C24H26N4O4S. The molecule has 33 heavy (non-hydrogen) atoms. The molecule has 0 unspecified atom stereocenters. The summed E-state index contributed by atoms with van der Waals surface area (Å²) in [4.78, 5) is 13.0. The van der Waals surface area contributed by atoms with Gasteiger partial charge in [-0.15, -0.1) is 0 Å². The lowest BCUT2D eigenvalue weighted by atomic mass is 9.97. The van der Waals surface area contributed by atoms with E-state index in [2.05, 4.69) is 5.10 Å². The molecule has 0 radical (unpaired) electrons. The molecule has 2 N–H and O–H groups in total. The summed E-state index contributed by atoms with van der Waals surface area (Å²) in [5.41, 5.74) is 8.59. The zero-order valence-electron chi connectivity index (χ0n) is 18.8. The first-order valence-electron chi connectivity index (χ1n) is 10.6. The van der Waals surface area contributed by atoms with E-state index in [1.54, 1.807) is 55.3 Å². The van der Waals surface area contributed by atoms with E-state index in [1.807, 2.05) is 25.4 Å². The third-order valence-corrected chi connectivity index (χ3v) is 7.32. The Morgan fingerprint density at radius 2 is 1.82 bits per heavy atom. The summed E-state index contributed by atoms with van der Waals surface area (Å²) < 4.78 is 34.7. The first-order valence-corrected chi connectivity index (χ1v) is 12.2. The summed E-state index contributed by atoms with van der Waals surface area (Å²) in [5, 5.41) is 5.46. The van der Waals surface area contributed by atoms with Crippen LogP contribution in [0.2, 0.25) is 0 Å². The molecular weight excluding hydrogens is 440 g/mol. The van der Waals surface area contributed by atoms with Crippen molar-refractivity contribution in [2.45, 2.75) is 11.8 Å². The molecule has 0 aliphatic carbocycles. The van der Waals surface area contributed by atoms with Crippen molar-refractivity contribution in [2.24, 2.45) is 19.8 Å². The topological polar surface area (TPSA) is 109 Å². The fraction of sp³-hybridized carbons (Fsp3) is 0.250. The first kappa shape index (κ1) is 22.8. The number of pyridine rings is 1. The maximum absolute atomic E-state index is 12.9. The summed E-state index contributed by atoms with van der Waals surface area (Å²) in [6.45, 7) is 1.99. The van der Waals surface area contributed by atoms with E-state index < -0.39 is 9.84 Å². The lowest BCUT2D eigenvalue weighted by Crippen LogP contribution is -2.17. The third kappa shape index (κ3) is 4.17. The van der Waals surface area contributed by atoms with Gasteiger partial charge in [0.15, 0.2) is 9.84 Å². The normalized spacial score (nSPS) is 11.8. The van der Waals surface area contributed by atoms with E-state index in [1.165, 1.54) is 4.57 Å². The molecule has 8 nitrogen and oxygen atoms in total. The van der Waals surface area contributed by atoms with Crippen molar-refractivity contribution in [2.75, 3.05) is 18.9 Å². The number of rotatable bonds is 7. The average molecular weight is 467 g/mol. The fourth-order valence-electron chi connectivity index (χ4n) is 3.87. The highest BCUT2D eigenvalue weighted by molar-refractivity contribution is 7.91. The summed E-state index contributed by atoms with van der Waals surface area (Å²) in [5.74, 6) is 0.186. The number of hydrogen-bond donors (Lipinski definition) is 1. The highest BCUT2D eigenvalue weighted by Gasteiger charge is 2.23. The van der Waals surface area contributed by atoms with Gasteiger partial charge in [0.05, 0.1) is 11.9 Å². The second kappa shape index (κ2) is 8.84. The molecule has 2 heterocycles. The van der Waals surface area contributed by atoms with Crippen LogP contribution in [0.4, 0.5) is 0 Å². The Morgan fingerprint density at radius 3 is 2.48 bits per heavy atom. The summed E-state index contributed by atoms with van der Waals surface area (Å²) in [6.07, 6.45) is 5.36. The molecule has 2 aromatic carbocycles. The highest BCUT2D eigenvalue weighted by atomic mass is 32.2. The molecule has 0 spiro atoms. The minimum Gasteiger partial charge on any atom is -0.490 e. The predicted octanol–water partition coefficient (Wildman–Crippen LogP) is 2.74. The van der Waals surface area contributed by atoms with Crippen molar-refractivity contribution in [1.29, 1.82) is 0 Å². The third-order valence-electron chi connectivity index (χ3n) is 5.57. The van der Waals surface area contributed by atoms with Crippen LogP contribution in [0.5, 0.6) is 5.75 Å². The number of nitrogens with zero attached hydrogens (tertiary/aromatic N) is 3. The molecule has 0 saturated heterocycles. The molecule has 0 fully saturated rings. The lowest BCUT2D eigenvalue weighted by molar-refractivity contribution is 0.321. The van der Waals surface area contributed by atoms with Crippen molar-refractivity contribution >= 4 is 20.6 Å². The van der Waals surface area contributed by atoms with E-state index in [4.69, 9.17) is 10.5 Å². The second-order valence-electron chi connectivity index (χ2n) is 7.80. The number of ether oxygens (including phenoxy) is 1. The Bertz CT molecular complexity index is 1500. The van der Waals surface area contributed by atoms with Gasteiger partial charge in [0.1, 0.15) is 17.3 Å². The number of aromatic nitrogens is 3. The average Bonchev–Trinajstić information content (AvgIpc) is 3.25. The summed E-state index contributed by atoms with van der Waals surface area (Å²) in [7, 11) is -0.0414. The SMILES string of the molecule is CCS(=O)(=O)c1cccc(-c2cn(C)c(=O)c3ccc(-c4cnn(C)c4)cc23)c1OCCN. The molecule has 4 aromatic rings. The highest BCUT2D eigenvalue weighted by Crippen LogP contribution is 2.39. The zero-order valence-corrected chi connectivity index (χ0v) is 19.6. The molecule has 4 rings (SSSR count). The van der Waals surface area contributed by atoms with Gasteiger partial charge in [-0.3, -0.25) is 9.48 Å². The largest absolute Gasteiger partial charge is 0.490 e. The van der Waals surface area contributed by atoms with E-state index >= 15 is 0 Å². The zero-order chi connectivity index (χ0) is 23.8. The van der Waals surface area contributed by atoms with E-state index in [9.17, 15) is 13.2 Å². The smallest absolute Gasteiger partial charge is 0.258 e. The van der Waals surface area contributed by atoms with Crippen LogP contribution < -0.4 is 16.0 Å². The van der Waals surface area contributed by atoms with Gasteiger partial charge in [0.25, 0.3) is 5.56 Å². The number of fused-ring (bicyclic) bond motifs is 1. The predicted molar refractivity (Wildman–Crippen MR) is 129 cm³/mol. The van der Waals surface area contributed by atoms with Gasteiger partial charge in [-0.1, -0.05) is 25.1 Å². The number of para-hydroxylation sites is 1. The molecule has 9 heteroatoms. The fourth-order valence-corrected chi connectivity index (χ4v) is 4.92. The maximum atomic E-state index is 12.9. The molecule has 0 saturated carbocycles. The Morgan fingerprint density at radius 1 is 1.03 bits per heavy atom. The minimum atomic E-state index is -3.56. The second-order valence-corrected chi connectivity index (χ2v) is 10.0. The number of aryl methyl sites for hydroxylation is 2. The Balaban J connectivity index is 2.06. The van der Waals surface area contributed by atoms with Crippen LogP contribution in [0.1, 0.15) is 6.92 Å². The standard InChI is InChI=1S/C24H26N4O4S/c1-4-33(30,31)22-7-5-6-18(23(22)32-11-10-25)21-15-27(2)24(29)19-9-8-16(12-20(19)21)17-13-26-28(3)14-17/h5-9,12-15H,4,10-11,25H2,1-3H3. The van der Waals surface area contributed by atoms with E-state index in [0.717, 1.165) is 11.1 Å². The first-order chi connectivity index (χ1) is 15.8. The molecule has 172 valence electrons. The van der Waals surface area contributed by atoms with Gasteiger partial charge in [-0.25, -0.2) is 8.42 Å². The van der Waals surface area contributed by atoms with Gasteiger partial charge in [0.2, 0.25) is 0 Å². The quantitative estimate of drug-likeness (QED) is 0.449. The Labute approximate surface area is 192 Å². The van der Waals surface area contributed by atoms with Crippen LogP contribution in [0.25, 0.3) is 33.0 Å². The number of sulfone groups is 1. The molecule has 0 aliphatic rings. The van der Waals surface area contributed by atoms with Crippen molar-refractivity contribution in [3.05, 3.63) is 65.3 Å². The number of hydrogen-bond acceptors (Lipinski definition) is 6. The molecule has 0 bridgehead atoms. The molecule has 2 aromatic heterocycles. The summed E-state index contributed by atoms with van der Waals surface area (Å²) in [6, 6.07) is 10.6. The van der Waals surface area contributed by atoms with E-state index in [-0.39, 0.29) is 35.1 Å². The summed E-state index contributed by atoms with van der Waals surface area (Å²) >= 11 is 0. The van der Waals surface area contributed by atoms with Crippen molar-refractivity contribution < 1.29 is 13.2 Å². The van der Waals surface area contributed by atoms with Crippen LogP contribution in [0.3, 0.4) is 0 Å². The van der Waals surface area contributed by atoms with Crippen LogP contribution in [0, 0.1) is 0 Å². The monoisotopic (exact) mass is 466 g/mol. The van der Waals surface area contributed by atoms with Gasteiger partial charge in [-0.2, -0.15) is 5.10 Å². The van der Waals surface area contributed by atoms with Gasteiger partial charge in [-0.05, 0) is 29.1 Å². The van der Waals surface area contributed by atoms with Crippen LogP contribution in [-0.2, 0) is 23.9 Å². The van der Waals surface area contributed by atoms with Crippen LogP contribution in [0.15, 0.2) is 64.7 Å². The van der Waals surface area contributed by atoms with Gasteiger partial charge < -0.3 is 15.0 Å². The Hall–Kier alpha value is -3.43. The lowest BCUT2D eigenvalue weighted by Gasteiger charge is -2.18. The minimum absolute atomic E-state index is 0.0609. The van der Waals surface area contributed by atoms with Crippen LogP contribution >= 0.6 is 0 Å². The van der Waals surface area contributed by atoms with Crippen molar-refractivity contribution in [1.82, 2.24) is 14.3 Å².